The summed E-state index contributed by atoms with van der Waals surface area (Å²) in [7, 11) is 0. The second-order valence-electron chi connectivity index (χ2n) is 3.73. The summed E-state index contributed by atoms with van der Waals surface area (Å²) in [6, 6.07) is 7.33. The van der Waals surface area contributed by atoms with Gasteiger partial charge in [0.2, 0.25) is 0 Å². The Kier molecular flexibility index (Phi) is 3.99. The van der Waals surface area contributed by atoms with E-state index in [-0.39, 0.29) is 5.75 Å². The van der Waals surface area contributed by atoms with E-state index >= 15 is 0 Å². The van der Waals surface area contributed by atoms with Crippen LogP contribution in [0.2, 0.25) is 4.34 Å². The molecule has 0 aliphatic rings. The molecule has 0 bridgehead atoms. The van der Waals surface area contributed by atoms with Crippen molar-refractivity contribution in [2.24, 2.45) is 0 Å². The van der Waals surface area contributed by atoms with Gasteiger partial charge >= 0.3 is 0 Å². The fourth-order valence-corrected chi connectivity index (χ4v) is 2.54. The van der Waals surface area contributed by atoms with E-state index in [2.05, 4.69) is 10.3 Å². The molecule has 3 nitrogen and oxygen atoms in total. The minimum Gasteiger partial charge on any atom is -0.506 e. The second kappa shape index (κ2) is 5.49. The molecule has 0 saturated carbocycles. The number of aryl methyl sites for hydroxylation is 1. The topological polar surface area (TPSA) is 45.1 Å². The van der Waals surface area contributed by atoms with E-state index < -0.39 is 0 Å². The van der Waals surface area contributed by atoms with Gasteiger partial charge in [0.25, 0.3) is 0 Å². The number of rotatable bonds is 4. The number of hydrogen-bond acceptors (Lipinski definition) is 4. The highest BCUT2D eigenvalue weighted by molar-refractivity contribution is 7.16. The second-order valence-corrected chi connectivity index (χ2v) is 5.53. The molecule has 0 fully saturated rings. The van der Waals surface area contributed by atoms with Crippen LogP contribution in [-0.4, -0.2) is 10.1 Å². The Hall–Kier alpha value is -1.10. The third-order valence-corrected chi connectivity index (χ3v) is 3.54. The monoisotopic (exact) mass is 268 g/mol. The Morgan fingerprint density at radius 1 is 1.29 bits per heavy atom. The first-order chi connectivity index (χ1) is 8.15. The Morgan fingerprint density at radius 2 is 2.12 bits per heavy atom. The molecule has 90 valence electrons. The first-order valence-electron chi connectivity index (χ1n) is 5.25. The number of halogens is 1. The number of pyridine rings is 1. The quantitative estimate of drug-likeness (QED) is 0.896. The van der Waals surface area contributed by atoms with Gasteiger partial charge in [-0.05, 0) is 31.2 Å². The largest absolute Gasteiger partial charge is 0.506 e. The van der Waals surface area contributed by atoms with Gasteiger partial charge in [0.15, 0.2) is 0 Å². The van der Waals surface area contributed by atoms with Crippen LogP contribution in [0, 0.1) is 6.92 Å². The third-order valence-electron chi connectivity index (χ3n) is 2.31. The molecule has 0 spiro atoms. The molecule has 0 amide bonds. The van der Waals surface area contributed by atoms with Crippen LogP contribution >= 0.6 is 22.9 Å². The molecular weight excluding hydrogens is 256 g/mol. The highest BCUT2D eigenvalue weighted by Crippen LogP contribution is 2.21. The fourth-order valence-electron chi connectivity index (χ4n) is 1.48. The normalized spacial score (nSPS) is 10.7. The van der Waals surface area contributed by atoms with Crippen molar-refractivity contribution < 1.29 is 5.11 Å². The van der Waals surface area contributed by atoms with Gasteiger partial charge in [0.1, 0.15) is 5.75 Å². The van der Waals surface area contributed by atoms with Gasteiger partial charge in [-0.2, -0.15) is 0 Å². The van der Waals surface area contributed by atoms with E-state index in [0.29, 0.717) is 12.2 Å². The number of aromatic nitrogens is 1. The average Bonchev–Trinajstić information content (AvgIpc) is 2.69. The molecule has 0 atom stereocenters. The zero-order valence-corrected chi connectivity index (χ0v) is 11.0. The molecule has 0 aliphatic heterocycles. The highest BCUT2D eigenvalue weighted by Gasteiger charge is 2.03. The molecule has 0 radical (unpaired) electrons. The van der Waals surface area contributed by atoms with Crippen LogP contribution < -0.4 is 5.32 Å². The lowest BCUT2D eigenvalue weighted by atomic mass is 10.3. The predicted molar refractivity (Wildman–Crippen MR) is 70.5 cm³/mol. The summed E-state index contributed by atoms with van der Waals surface area (Å²) >= 11 is 7.39. The maximum Gasteiger partial charge on any atom is 0.138 e. The van der Waals surface area contributed by atoms with Gasteiger partial charge < -0.3 is 10.4 Å². The summed E-state index contributed by atoms with van der Waals surface area (Å²) in [6.07, 6.45) is 0. The van der Waals surface area contributed by atoms with Crippen molar-refractivity contribution in [3.8, 4) is 5.75 Å². The lowest BCUT2D eigenvalue weighted by Crippen LogP contribution is -2.13. The molecular formula is C12H13ClN2OS. The maximum atomic E-state index is 9.62. The maximum absolute atomic E-state index is 9.62. The van der Waals surface area contributed by atoms with Gasteiger partial charge in [-0.1, -0.05) is 11.6 Å². The van der Waals surface area contributed by atoms with E-state index in [0.717, 1.165) is 16.6 Å². The number of hydrogen-bond donors (Lipinski definition) is 2. The van der Waals surface area contributed by atoms with Gasteiger partial charge in [-0.3, -0.25) is 4.98 Å². The minimum absolute atomic E-state index is 0.229. The molecule has 0 saturated heterocycles. The molecule has 0 aromatic carbocycles. The molecule has 0 aliphatic carbocycles. The number of nitrogens with one attached hydrogen (secondary N) is 1. The molecule has 2 aromatic heterocycles. The first-order valence-corrected chi connectivity index (χ1v) is 6.45. The molecule has 5 heteroatoms. The average molecular weight is 269 g/mol. The number of aromatic hydroxyl groups is 1. The number of thiophene rings is 1. The van der Waals surface area contributed by atoms with Crippen molar-refractivity contribution in [3.63, 3.8) is 0 Å². The van der Waals surface area contributed by atoms with Crippen LogP contribution in [0.3, 0.4) is 0 Å². The minimum atomic E-state index is 0.229. The molecule has 2 aromatic rings. The van der Waals surface area contributed by atoms with Crippen LogP contribution in [0.15, 0.2) is 24.3 Å². The summed E-state index contributed by atoms with van der Waals surface area (Å²) < 4.78 is 0.790. The van der Waals surface area contributed by atoms with Crippen LogP contribution in [-0.2, 0) is 13.1 Å². The molecule has 0 unspecified atom stereocenters. The summed E-state index contributed by atoms with van der Waals surface area (Å²) in [5.74, 6) is 0.229. The van der Waals surface area contributed by atoms with E-state index in [4.69, 9.17) is 11.6 Å². The highest BCUT2D eigenvalue weighted by atomic mass is 35.5. The first kappa shape index (κ1) is 12.4. The van der Waals surface area contributed by atoms with Crippen molar-refractivity contribution in [3.05, 3.63) is 44.9 Å². The standard InChI is InChI=1S/C12H13ClN2OS/c1-8-2-4-11(16)10(15-8)7-14-6-9-3-5-12(13)17-9/h2-5,14,16H,6-7H2,1H3. The summed E-state index contributed by atoms with van der Waals surface area (Å²) in [4.78, 5) is 5.44. The Labute approximate surface area is 109 Å². The van der Waals surface area contributed by atoms with Crippen molar-refractivity contribution in [2.75, 3.05) is 0 Å². The van der Waals surface area contributed by atoms with E-state index in [1.54, 1.807) is 23.5 Å². The van der Waals surface area contributed by atoms with Gasteiger partial charge in [0.05, 0.1) is 10.0 Å². The Bertz CT molecular complexity index is 513. The van der Waals surface area contributed by atoms with Crippen LogP contribution in [0.1, 0.15) is 16.3 Å². The van der Waals surface area contributed by atoms with E-state index in [1.165, 1.54) is 4.88 Å². The number of nitrogens with zero attached hydrogens (tertiary/aromatic N) is 1. The molecule has 2 rings (SSSR count). The third kappa shape index (κ3) is 3.43. The van der Waals surface area contributed by atoms with E-state index in [1.807, 2.05) is 19.1 Å². The van der Waals surface area contributed by atoms with Crippen molar-refractivity contribution in [2.45, 2.75) is 20.0 Å². The summed E-state index contributed by atoms with van der Waals surface area (Å²) in [5.41, 5.74) is 1.58. The van der Waals surface area contributed by atoms with Crippen LogP contribution in [0.5, 0.6) is 5.75 Å². The summed E-state index contributed by atoms with van der Waals surface area (Å²) in [6.45, 7) is 3.18. The van der Waals surface area contributed by atoms with Gasteiger partial charge in [-0.25, -0.2) is 0 Å². The lowest BCUT2D eigenvalue weighted by molar-refractivity contribution is 0.459. The zero-order valence-electron chi connectivity index (χ0n) is 9.40. The SMILES string of the molecule is Cc1ccc(O)c(CNCc2ccc(Cl)s2)n1. The molecule has 2 N–H and O–H groups in total. The van der Waals surface area contributed by atoms with Crippen LogP contribution in [0.25, 0.3) is 0 Å². The zero-order chi connectivity index (χ0) is 12.3. The van der Waals surface area contributed by atoms with E-state index in [9.17, 15) is 5.11 Å². The van der Waals surface area contributed by atoms with Gasteiger partial charge in [-0.15, -0.1) is 11.3 Å². The van der Waals surface area contributed by atoms with Crippen molar-refractivity contribution >= 4 is 22.9 Å². The van der Waals surface area contributed by atoms with Gasteiger partial charge in [0, 0.05) is 23.7 Å². The molecule has 2 heterocycles. The summed E-state index contributed by atoms with van der Waals surface area (Å²) in [5, 5.41) is 12.8. The predicted octanol–water partition coefficient (Wildman–Crippen LogP) is 3.10. The Balaban J connectivity index is 1.91. The van der Waals surface area contributed by atoms with Crippen LogP contribution in [0.4, 0.5) is 0 Å². The lowest BCUT2D eigenvalue weighted by Gasteiger charge is -2.05. The van der Waals surface area contributed by atoms with Crippen molar-refractivity contribution in [1.29, 1.82) is 0 Å². The molecule has 17 heavy (non-hydrogen) atoms. The fraction of sp³-hybridized carbons (Fsp3) is 0.250. The smallest absolute Gasteiger partial charge is 0.138 e. The Morgan fingerprint density at radius 3 is 2.82 bits per heavy atom. The van der Waals surface area contributed by atoms with Crippen molar-refractivity contribution in [1.82, 2.24) is 10.3 Å².